The van der Waals surface area contributed by atoms with Crippen LogP contribution in [0.1, 0.15) is 29.3 Å². The Morgan fingerprint density at radius 3 is 2.07 bits per heavy atom. The summed E-state index contributed by atoms with van der Waals surface area (Å²) in [6, 6.07) is 18.6. The fraction of sp³-hybridized carbons (Fsp3) is 0.480. The van der Waals surface area contributed by atoms with Crippen molar-refractivity contribution in [3.63, 3.8) is 0 Å². The minimum Gasteiger partial charge on any atom is -0.379 e. The Bertz CT molecular complexity index is 812. The number of rotatable bonds is 7. The summed E-state index contributed by atoms with van der Waals surface area (Å²) < 4.78 is 11.0. The van der Waals surface area contributed by atoms with Gasteiger partial charge >= 0.3 is 0 Å². The molecule has 160 valence electrons. The number of hydrogen-bond donors (Lipinski definition) is 0. The minimum atomic E-state index is -0.550. The van der Waals surface area contributed by atoms with E-state index in [1.54, 1.807) is 0 Å². The molecule has 0 aromatic heterocycles. The lowest BCUT2D eigenvalue weighted by molar-refractivity contribution is -0.0163. The van der Waals surface area contributed by atoms with Crippen LogP contribution in [0.5, 0.6) is 0 Å². The van der Waals surface area contributed by atoms with E-state index < -0.39 is 5.54 Å². The molecule has 0 saturated carbocycles. The molecule has 2 heterocycles. The SMILES string of the molecule is CCC(Cc1ccccc1)(C(=O)c1ccc(N2CCOCC2)cc1)N1CCOCC1. The molecule has 0 bridgehead atoms. The van der Waals surface area contributed by atoms with Gasteiger partial charge in [-0.3, -0.25) is 9.69 Å². The van der Waals surface area contributed by atoms with Crippen molar-refractivity contribution in [1.82, 2.24) is 4.90 Å². The molecule has 5 heteroatoms. The van der Waals surface area contributed by atoms with Crippen molar-refractivity contribution in [2.24, 2.45) is 0 Å². The van der Waals surface area contributed by atoms with Crippen LogP contribution in [0.25, 0.3) is 0 Å². The Morgan fingerprint density at radius 2 is 1.47 bits per heavy atom. The summed E-state index contributed by atoms with van der Waals surface area (Å²) in [4.78, 5) is 18.6. The topological polar surface area (TPSA) is 42.0 Å². The van der Waals surface area contributed by atoms with Gasteiger partial charge in [0.15, 0.2) is 5.78 Å². The minimum absolute atomic E-state index is 0.212. The molecule has 0 aliphatic carbocycles. The normalized spacial score (nSPS) is 20.0. The van der Waals surface area contributed by atoms with Gasteiger partial charge in [-0.25, -0.2) is 0 Å². The first-order valence-electron chi connectivity index (χ1n) is 11.1. The summed E-state index contributed by atoms with van der Waals surface area (Å²) >= 11 is 0. The first kappa shape index (κ1) is 21.0. The predicted octanol–water partition coefficient (Wildman–Crippen LogP) is 3.43. The van der Waals surface area contributed by atoms with Crippen molar-refractivity contribution < 1.29 is 14.3 Å². The van der Waals surface area contributed by atoms with Crippen LogP contribution < -0.4 is 4.90 Å². The molecule has 0 spiro atoms. The lowest BCUT2D eigenvalue weighted by Crippen LogP contribution is -2.59. The third kappa shape index (κ3) is 4.43. The molecule has 2 fully saturated rings. The van der Waals surface area contributed by atoms with Crippen LogP contribution in [0, 0.1) is 0 Å². The highest BCUT2D eigenvalue weighted by Gasteiger charge is 2.43. The number of ether oxygens (including phenoxy) is 2. The number of hydrogen-bond acceptors (Lipinski definition) is 5. The summed E-state index contributed by atoms with van der Waals surface area (Å²) in [7, 11) is 0. The third-order valence-corrected chi connectivity index (χ3v) is 6.47. The van der Waals surface area contributed by atoms with E-state index in [2.05, 4.69) is 53.1 Å². The average Bonchev–Trinajstić information content (AvgIpc) is 2.84. The molecular formula is C25H32N2O3. The van der Waals surface area contributed by atoms with Crippen molar-refractivity contribution >= 4 is 11.5 Å². The number of morpholine rings is 2. The molecule has 2 aromatic carbocycles. The molecule has 5 nitrogen and oxygen atoms in total. The van der Waals surface area contributed by atoms with Crippen LogP contribution >= 0.6 is 0 Å². The van der Waals surface area contributed by atoms with E-state index in [0.717, 1.165) is 57.1 Å². The molecule has 0 amide bonds. The van der Waals surface area contributed by atoms with E-state index in [1.165, 1.54) is 5.56 Å². The van der Waals surface area contributed by atoms with Gasteiger partial charge in [0, 0.05) is 37.4 Å². The van der Waals surface area contributed by atoms with Gasteiger partial charge in [0.05, 0.1) is 32.0 Å². The fourth-order valence-electron chi connectivity index (χ4n) is 4.68. The van der Waals surface area contributed by atoms with E-state index in [4.69, 9.17) is 9.47 Å². The van der Waals surface area contributed by atoms with E-state index >= 15 is 0 Å². The number of carbonyl (C=O) groups excluding carboxylic acids is 1. The number of Topliss-reactive ketones (excluding diaryl/α,β-unsaturated/α-hetero) is 1. The molecule has 0 radical (unpaired) electrons. The standard InChI is InChI=1S/C25H32N2O3/c1-2-25(27-14-18-30-19-15-27,20-21-6-4-3-5-7-21)24(28)22-8-10-23(11-9-22)26-12-16-29-17-13-26/h3-11H,2,12-20H2,1H3. The van der Waals surface area contributed by atoms with Gasteiger partial charge in [-0.2, -0.15) is 0 Å². The summed E-state index contributed by atoms with van der Waals surface area (Å²) in [6.07, 6.45) is 1.49. The van der Waals surface area contributed by atoms with Crippen LogP contribution in [-0.2, 0) is 15.9 Å². The molecule has 2 aliphatic rings. The van der Waals surface area contributed by atoms with E-state index in [0.29, 0.717) is 19.6 Å². The summed E-state index contributed by atoms with van der Waals surface area (Å²) in [5, 5.41) is 0. The highest BCUT2D eigenvalue weighted by atomic mass is 16.5. The highest BCUT2D eigenvalue weighted by molar-refractivity contribution is 6.03. The molecule has 2 aliphatic heterocycles. The van der Waals surface area contributed by atoms with Gasteiger partial charge < -0.3 is 14.4 Å². The Labute approximate surface area is 179 Å². The molecule has 0 N–H and O–H groups in total. The quantitative estimate of drug-likeness (QED) is 0.657. The lowest BCUT2D eigenvalue weighted by Gasteiger charge is -2.44. The van der Waals surface area contributed by atoms with Crippen LogP contribution in [0.4, 0.5) is 5.69 Å². The Balaban J connectivity index is 1.62. The van der Waals surface area contributed by atoms with Crippen LogP contribution in [0.3, 0.4) is 0 Å². The molecule has 4 rings (SSSR count). The number of ketones is 1. The number of benzene rings is 2. The van der Waals surface area contributed by atoms with Gasteiger partial charge in [0.25, 0.3) is 0 Å². The number of nitrogens with zero attached hydrogens (tertiary/aromatic N) is 2. The Hall–Kier alpha value is -2.21. The molecule has 1 unspecified atom stereocenters. The van der Waals surface area contributed by atoms with Crippen LogP contribution in [-0.4, -0.2) is 68.8 Å². The third-order valence-electron chi connectivity index (χ3n) is 6.47. The Kier molecular flexibility index (Phi) is 6.82. The maximum atomic E-state index is 14.0. The summed E-state index contributed by atoms with van der Waals surface area (Å²) in [6.45, 7) is 8.39. The Morgan fingerprint density at radius 1 is 0.867 bits per heavy atom. The smallest absolute Gasteiger partial charge is 0.183 e. The van der Waals surface area contributed by atoms with Crippen molar-refractivity contribution in [1.29, 1.82) is 0 Å². The van der Waals surface area contributed by atoms with Crippen molar-refractivity contribution in [3.8, 4) is 0 Å². The largest absolute Gasteiger partial charge is 0.379 e. The predicted molar refractivity (Wildman–Crippen MR) is 119 cm³/mol. The second-order valence-corrected chi connectivity index (χ2v) is 8.12. The van der Waals surface area contributed by atoms with Crippen molar-refractivity contribution in [2.75, 3.05) is 57.5 Å². The van der Waals surface area contributed by atoms with Gasteiger partial charge in [0.2, 0.25) is 0 Å². The van der Waals surface area contributed by atoms with Crippen LogP contribution in [0.2, 0.25) is 0 Å². The first-order chi connectivity index (χ1) is 14.7. The molecule has 30 heavy (non-hydrogen) atoms. The van der Waals surface area contributed by atoms with Crippen LogP contribution in [0.15, 0.2) is 54.6 Å². The van der Waals surface area contributed by atoms with Gasteiger partial charge in [0.1, 0.15) is 0 Å². The molecular weight excluding hydrogens is 376 g/mol. The van der Waals surface area contributed by atoms with E-state index in [9.17, 15) is 4.79 Å². The average molecular weight is 409 g/mol. The summed E-state index contributed by atoms with van der Waals surface area (Å²) in [5.41, 5.74) is 2.60. The fourth-order valence-corrected chi connectivity index (χ4v) is 4.68. The second-order valence-electron chi connectivity index (χ2n) is 8.12. The zero-order valence-corrected chi connectivity index (χ0v) is 17.9. The molecule has 1 atom stereocenters. The second kappa shape index (κ2) is 9.73. The van der Waals surface area contributed by atoms with Crippen molar-refractivity contribution in [3.05, 3.63) is 65.7 Å². The van der Waals surface area contributed by atoms with Gasteiger partial charge in [-0.15, -0.1) is 0 Å². The van der Waals surface area contributed by atoms with E-state index in [-0.39, 0.29) is 5.78 Å². The summed E-state index contributed by atoms with van der Waals surface area (Å²) in [5.74, 6) is 0.212. The van der Waals surface area contributed by atoms with Crippen molar-refractivity contribution in [2.45, 2.75) is 25.3 Å². The highest BCUT2D eigenvalue weighted by Crippen LogP contribution is 2.31. The maximum absolute atomic E-state index is 14.0. The zero-order chi connectivity index (χ0) is 20.8. The monoisotopic (exact) mass is 408 g/mol. The number of anilines is 1. The van der Waals surface area contributed by atoms with Gasteiger partial charge in [-0.1, -0.05) is 37.3 Å². The molecule has 2 saturated heterocycles. The first-order valence-corrected chi connectivity index (χ1v) is 11.1. The molecule has 2 aromatic rings. The lowest BCUT2D eigenvalue weighted by atomic mass is 9.79. The maximum Gasteiger partial charge on any atom is 0.183 e. The number of carbonyl (C=O) groups is 1. The van der Waals surface area contributed by atoms with E-state index in [1.807, 2.05) is 18.2 Å². The zero-order valence-electron chi connectivity index (χ0n) is 17.9. The van der Waals surface area contributed by atoms with Gasteiger partial charge in [-0.05, 0) is 42.7 Å².